The first kappa shape index (κ1) is 9.45. The van der Waals surface area contributed by atoms with Gasteiger partial charge in [-0.2, -0.15) is 0 Å². The molecule has 1 aromatic rings. The Morgan fingerprint density at radius 1 is 1.12 bits per heavy atom. The predicted octanol–water partition coefficient (Wildman–Crippen LogP) is 3.26. The largest absolute Gasteiger partial charge is 0.242 e. The molecule has 2 aliphatic rings. The van der Waals surface area contributed by atoms with Crippen molar-refractivity contribution >= 4 is 23.8 Å². The molecule has 5 heteroatoms. The molecule has 0 amide bonds. The summed E-state index contributed by atoms with van der Waals surface area (Å²) in [6.07, 6.45) is 5.05. The lowest BCUT2D eigenvalue weighted by atomic mass is 10.1. The minimum absolute atomic E-state index is 0.222. The van der Waals surface area contributed by atoms with Gasteiger partial charge in [-0.3, -0.25) is 0 Å². The average molecular weight is 232 g/mol. The molecular weight excluding hydrogens is 224 g/mol. The number of aliphatic imine (C=N–C) groups is 1. The fourth-order valence-electron chi connectivity index (χ4n) is 1.67. The SMILES string of the molecule is Cl[N+]12C=NC=CC1=C(c1ccccc1)N=N2. The summed E-state index contributed by atoms with van der Waals surface area (Å²) in [5.74, 6) is 0. The normalized spacial score (nSPS) is 26.3. The molecule has 0 saturated heterocycles. The van der Waals surface area contributed by atoms with Gasteiger partial charge in [-0.1, -0.05) is 35.4 Å². The highest BCUT2D eigenvalue weighted by atomic mass is 35.5. The Bertz CT molecular complexity index is 544. The number of hydrogen-bond acceptors (Lipinski definition) is 3. The highest BCUT2D eigenvalue weighted by Crippen LogP contribution is 2.38. The summed E-state index contributed by atoms with van der Waals surface area (Å²) in [7, 11) is 0. The highest BCUT2D eigenvalue weighted by molar-refractivity contribution is 6.11. The minimum Gasteiger partial charge on any atom is -0.208 e. The summed E-state index contributed by atoms with van der Waals surface area (Å²) < 4.78 is -0.222. The molecule has 2 heterocycles. The molecule has 4 nitrogen and oxygen atoms in total. The first-order valence-corrected chi connectivity index (χ1v) is 5.16. The molecule has 0 spiro atoms. The van der Waals surface area contributed by atoms with Gasteiger partial charge in [0.25, 0.3) is 0 Å². The summed E-state index contributed by atoms with van der Waals surface area (Å²) in [6.45, 7) is 0. The second kappa shape index (κ2) is 3.37. The van der Waals surface area contributed by atoms with Crippen LogP contribution in [0.4, 0.5) is 0 Å². The molecule has 1 unspecified atom stereocenters. The van der Waals surface area contributed by atoms with Crippen molar-refractivity contribution in [2.75, 3.05) is 0 Å². The van der Waals surface area contributed by atoms with E-state index in [0.717, 1.165) is 17.0 Å². The molecule has 0 radical (unpaired) electrons. The van der Waals surface area contributed by atoms with Gasteiger partial charge in [0.15, 0.2) is 5.70 Å². The number of rotatable bonds is 1. The fraction of sp³-hybridized carbons (Fsp3) is 0. The van der Waals surface area contributed by atoms with Crippen molar-refractivity contribution in [1.29, 1.82) is 0 Å². The lowest BCUT2D eigenvalue weighted by molar-refractivity contribution is -0.671. The van der Waals surface area contributed by atoms with Crippen molar-refractivity contribution in [2.24, 2.45) is 15.3 Å². The molecule has 78 valence electrons. The van der Waals surface area contributed by atoms with E-state index in [1.807, 2.05) is 36.4 Å². The predicted molar refractivity (Wildman–Crippen MR) is 62.0 cm³/mol. The van der Waals surface area contributed by atoms with Crippen LogP contribution in [0.25, 0.3) is 5.70 Å². The Hall–Kier alpha value is -1.78. The molecule has 2 aliphatic heterocycles. The van der Waals surface area contributed by atoms with Crippen molar-refractivity contribution < 1.29 is 4.11 Å². The third-order valence-corrected chi connectivity index (χ3v) is 2.78. The zero-order chi connectivity index (χ0) is 11.0. The van der Waals surface area contributed by atoms with Crippen LogP contribution in [0.15, 0.2) is 63.6 Å². The van der Waals surface area contributed by atoms with Crippen LogP contribution in [-0.2, 0) is 0 Å². The van der Waals surface area contributed by atoms with Gasteiger partial charge in [-0.25, -0.2) is 4.99 Å². The van der Waals surface area contributed by atoms with Crippen LogP contribution < -0.4 is 0 Å². The molecule has 0 aromatic heterocycles. The Morgan fingerprint density at radius 2 is 1.94 bits per heavy atom. The summed E-state index contributed by atoms with van der Waals surface area (Å²) in [5.41, 5.74) is 2.61. The van der Waals surface area contributed by atoms with Crippen LogP contribution in [0.3, 0.4) is 0 Å². The first-order chi connectivity index (χ1) is 7.80. The summed E-state index contributed by atoms with van der Waals surface area (Å²) in [4.78, 5) is 3.97. The van der Waals surface area contributed by atoms with Crippen LogP contribution in [0.1, 0.15) is 5.56 Å². The van der Waals surface area contributed by atoms with Crippen molar-refractivity contribution in [2.45, 2.75) is 0 Å². The van der Waals surface area contributed by atoms with Gasteiger partial charge in [0, 0.05) is 17.8 Å². The molecule has 0 saturated carbocycles. The zero-order valence-electron chi connectivity index (χ0n) is 8.29. The molecule has 0 N–H and O–H groups in total. The summed E-state index contributed by atoms with van der Waals surface area (Å²) >= 11 is 6.24. The number of halogens is 1. The molecule has 0 aliphatic carbocycles. The molecule has 0 bridgehead atoms. The van der Waals surface area contributed by atoms with E-state index in [1.54, 1.807) is 6.20 Å². The number of hydrogen-bond donors (Lipinski definition) is 0. The number of benzene rings is 1. The third-order valence-electron chi connectivity index (χ3n) is 2.44. The van der Waals surface area contributed by atoms with Crippen LogP contribution >= 0.6 is 11.8 Å². The van der Waals surface area contributed by atoms with Crippen molar-refractivity contribution in [1.82, 2.24) is 0 Å². The lowest BCUT2D eigenvalue weighted by Gasteiger charge is -2.12. The van der Waals surface area contributed by atoms with E-state index < -0.39 is 0 Å². The molecule has 1 atom stereocenters. The van der Waals surface area contributed by atoms with Gasteiger partial charge >= 0.3 is 0 Å². The lowest BCUT2D eigenvalue weighted by Crippen LogP contribution is -2.27. The molecular formula is C11H8ClN4+. The van der Waals surface area contributed by atoms with E-state index in [4.69, 9.17) is 11.8 Å². The van der Waals surface area contributed by atoms with Gasteiger partial charge in [-0.15, -0.1) is 0 Å². The highest BCUT2D eigenvalue weighted by Gasteiger charge is 2.40. The minimum atomic E-state index is -0.222. The smallest absolute Gasteiger partial charge is 0.208 e. The maximum Gasteiger partial charge on any atom is 0.242 e. The Balaban J connectivity index is 2.17. The van der Waals surface area contributed by atoms with Gasteiger partial charge in [0.2, 0.25) is 23.8 Å². The second-order valence-electron chi connectivity index (χ2n) is 3.47. The molecule has 0 fully saturated rings. The van der Waals surface area contributed by atoms with Crippen LogP contribution in [0.2, 0.25) is 0 Å². The van der Waals surface area contributed by atoms with E-state index in [1.165, 1.54) is 6.34 Å². The molecule has 3 rings (SSSR count). The van der Waals surface area contributed by atoms with Gasteiger partial charge < -0.3 is 0 Å². The molecule has 1 aromatic carbocycles. The number of fused-ring (bicyclic) bond motifs is 1. The van der Waals surface area contributed by atoms with E-state index >= 15 is 0 Å². The standard InChI is InChI=1S/C11H8ClN4/c12-16-8-13-7-6-10(16)11(14-15-16)9-4-2-1-3-5-9/h1-8H/q+1. The number of nitrogens with zero attached hydrogens (tertiary/aromatic N) is 4. The maximum atomic E-state index is 6.24. The number of allylic oxidation sites excluding steroid dienone is 1. The molecule has 16 heavy (non-hydrogen) atoms. The summed E-state index contributed by atoms with van der Waals surface area (Å²) in [6, 6.07) is 9.84. The number of quaternary nitrogens is 1. The average Bonchev–Trinajstić information content (AvgIpc) is 2.67. The van der Waals surface area contributed by atoms with Crippen LogP contribution in [0.5, 0.6) is 0 Å². The second-order valence-corrected chi connectivity index (χ2v) is 3.99. The Morgan fingerprint density at radius 3 is 2.75 bits per heavy atom. The Labute approximate surface area is 97.6 Å². The van der Waals surface area contributed by atoms with Gasteiger partial charge in [0.05, 0.1) is 5.22 Å². The van der Waals surface area contributed by atoms with Crippen molar-refractivity contribution in [3.05, 3.63) is 53.9 Å². The van der Waals surface area contributed by atoms with E-state index in [-0.39, 0.29) is 4.11 Å². The van der Waals surface area contributed by atoms with Crippen LogP contribution in [0, 0.1) is 0 Å². The van der Waals surface area contributed by atoms with Crippen molar-refractivity contribution in [3.8, 4) is 0 Å². The zero-order valence-corrected chi connectivity index (χ0v) is 9.04. The van der Waals surface area contributed by atoms with E-state index in [0.29, 0.717) is 0 Å². The van der Waals surface area contributed by atoms with Crippen LogP contribution in [-0.4, -0.2) is 10.4 Å². The quantitative estimate of drug-likeness (QED) is 0.666. The van der Waals surface area contributed by atoms with Crippen molar-refractivity contribution in [3.63, 3.8) is 0 Å². The topological polar surface area (TPSA) is 37.1 Å². The fourth-order valence-corrected chi connectivity index (χ4v) is 1.89. The van der Waals surface area contributed by atoms with Gasteiger partial charge in [0.1, 0.15) is 0 Å². The Kier molecular flexibility index (Phi) is 1.99. The van der Waals surface area contributed by atoms with E-state index in [2.05, 4.69) is 15.3 Å². The maximum absolute atomic E-state index is 6.24. The summed E-state index contributed by atoms with van der Waals surface area (Å²) in [5, 5.41) is 8.13. The first-order valence-electron chi connectivity index (χ1n) is 4.82. The van der Waals surface area contributed by atoms with E-state index in [9.17, 15) is 0 Å². The monoisotopic (exact) mass is 231 g/mol. The third kappa shape index (κ3) is 1.31. The van der Waals surface area contributed by atoms with Gasteiger partial charge in [-0.05, 0) is 4.11 Å².